The molecule has 5 heteroatoms. The van der Waals surface area contributed by atoms with Gasteiger partial charge in [-0.05, 0) is 39.7 Å². The van der Waals surface area contributed by atoms with Gasteiger partial charge in [0.2, 0.25) is 5.88 Å². The summed E-state index contributed by atoms with van der Waals surface area (Å²) in [5, 5.41) is 2.93. The lowest BCUT2D eigenvalue weighted by Gasteiger charge is -2.28. The molecule has 0 bridgehead atoms. The number of amides is 1. The summed E-state index contributed by atoms with van der Waals surface area (Å²) < 4.78 is 11.3. The Kier molecular flexibility index (Phi) is 8.03. The van der Waals surface area contributed by atoms with Crippen LogP contribution in [0.2, 0.25) is 0 Å². The van der Waals surface area contributed by atoms with Crippen molar-refractivity contribution in [3.05, 3.63) is 17.8 Å². The van der Waals surface area contributed by atoms with Crippen LogP contribution >= 0.6 is 0 Å². The molecule has 5 nitrogen and oxygen atoms in total. The molecular weight excluding hydrogens is 292 g/mol. The molecule has 1 aromatic rings. The molecule has 0 aliphatic carbocycles. The van der Waals surface area contributed by atoms with E-state index in [2.05, 4.69) is 17.2 Å². The first-order valence-electron chi connectivity index (χ1n) is 8.52. The second-order valence-electron chi connectivity index (χ2n) is 5.85. The number of rotatable bonds is 10. The van der Waals surface area contributed by atoms with Crippen LogP contribution in [-0.4, -0.2) is 29.7 Å². The summed E-state index contributed by atoms with van der Waals surface area (Å²) in [4.78, 5) is 17.0. The summed E-state index contributed by atoms with van der Waals surface area (Å²) in [5.41, 5.74) is 0.620. The fourth-order valence-electron chi connectivity index (χ4n) is 2.37. The van der Waals surface area contributed by atoms with Gasteiger partial charge in [0.05, 0.1) is 18.0 Å². The van der Waals surface area contributed by atoms with Crippen molar-refractivity contribution in [2.75, 3.05) is 18.5 Å². The van der Waals surface area contributed by atoms with Gasteiger partial charge < -0.3 is 14.8 Å². The maximum Gasteiger partial charge on any atom is 0.256 e. The molecule has 0 aliphatic heterocycles. The Morgan fingerprint density at radius 2 is 2.00 bits per heavy atom. The summed E-state index contributed by atoms with van der Waals surface area (Å²) >= 11 is 0. The molecule has 0 unspecified atom stereocenters. The number of carbonyl (C=O) groups is 1. The molecule has 1 amide bonds. The second-order valence-corrected chi connectivity index (χ2v) is 5.85. The van der Waals surface area contributed by atoms with Gasteiger partial charge >= 0.3 is 0 Å². The molecule has 0 aliphatic rings. The van der Waals surface area contributed by atoms with Gasteiger partial charge in [-0.15, -0.1) is 0 Å². The van der Waals surface area contributed by atoms with Crippen molar-refractivity contribution in [3.8, 4) is 5.88 Å². The molecule has 0 saturated carbocycles. The van der Waals surface area contributed by atoms with Crippen molar-refractivity contribution < 1.29 is 14.3 Å². The van der Waals surface area contributed by atoms with Crippen molar-refractivity contribution >= 4 is 11.6 Å². The number of nitrogens with zero attached hydrogens (tertiary/aromatic N) is 1. The molecule has 130 valence electrons. The molecule has 0 fully saturated rings. The molecule has 1 N–H and O–H groups in total. The van der Waals surface area contributed by atoms with Gasteiger partial charge in [-0.3, -0.25) is 4.79 Å². The van der Waals surface area contributed by atoms with Gasteiger partial charge in [0, 0.05) is 12.7 Å². The van der Waals surface area contributed by atoms with Crippen molar-refractivity contribution in [1.29, 1.82) is 0 Å². The molecule has 0 aromatic carbocycles. The zero-order valence-corrected chi connectivity index (χ0v) is 15.1. The number of ether oxygens (including phenoxy) is 2. The van der Waals surface area contributed by atoms with Gasteiger partial charge in [-0.2, -0.15) is 0 Å². The monoisotopic (exact) mass is 322 g/mol. The maximum absolute atomic E-state index is 12.6. The molecule has 1 heterocycles. The van der Waals surface area contributed by atoms with E-state index in [1.165, 1.54) is 0 Å². The van der Waals surface area contributed by atoms with Crippen LogP contribution in [0.4, 0.5) is 5.69 Å². The largest absolute Gasteiger partial charge is 0.478 e. The lowest BCUT2D eigenvalue weighted by Crippen LogP contribution is -2.42. The lowest BCUT2D eigenvalue weighted by molar-refractivity contribution is -0.139. The van der Waals surface area contributed by atoms with Crippen LogP contribution in [0.1, 0.15) is 59.1 Å². The Balaban J connectivity index is 2.77. The van der Waals surface area contributed by atoms with Crippen LogP contribution in [0, 0.1) is 6.92 Å². The predicted molar refractivity (Wildman–Crippen MR) is 92.9 cm³/mol. The summed E-state index contributed by atoms with van der Waals surface area (Å²) in [7, 11) is 0. The van der Waals surface area contributed by atoms with Gasteiger partial charge in [0.25, 0.3) is 5.91 Å². The predicted octanol–water partition coefficient (Wildman–Crippen LogP) is 4.10. The Morgan fingerprint density at radius 3 is 2.57 bits per heavy atom. The minimum Gasteiger partial charge on any atom is -0.478 e. The molecule has 1 aromatic heterocycles. The first kappa shape index (κ1) is 19.4. The highest BCUT2D eigenvalue weighted by molar-refractivity contribution is 5.97. The van der Waals surface area contributed by atoms with Crippen LogP contribution < -0.4 is 10.1 Å². The number of carbonyl (C=O) groups excluding carboxylic acids is 1. The van der Waals surface area contributed by atoms with Crippen LogP contribution in [0.5, 0.6) is 5.88 Å². The Hall–Kier alpha value is -1.62. The quantitative estimate of drug-likeness (QED) is 0.659. The SMILES string of the molecule is CCCCOc1ccc(NC(=O)[C@](C)(CCC)OCC)c(C)n1. The van der Waals surface area contributed by atoms with E-state index in [1.807, 2.05) is 33.8 Å². The van der Waals surface area contributed by atoms with Crippen molar-refractivity contribution in [2.45, 2.75) is 65.9 Å². The summed E-state index contributed by atoms with van der Waals surface area (Å²) in [6, 6.07) is 3.62. The normalized spacial score (nSPS) is 13.4. The fourth-order valence-corrected chi connectivity index (χ4v) is 2.37. The summed E-state index contributed by atoms with van der Waals surface area (Å²) in [6.45, 7) is 10.9. The lowest BCUT2D eigenvalue weighted by atomic mass is 9.99. The Bertz CT molecular complexity index is 497. The zero-order valence-electron chi connectivity index (χ0n) is 15.1. The molecule has 0 spiro atoms. The number of aryl methyl sites for hydroxylation is 1. The topological polar surface area (TPSA) is 60.5 Å². The number of pyridine rings is 1. The van der Waals surface area contributed by atoms with Crippen molar-refractivity contribution in [3.63, 3.8) is 0 Å². The van der Waals surface area contributed by atoms with E-state index in [9.17, 15) is 4.79 Å². The van der Waals surface area contributed by atoms with Crippen LogP contribution in [0.15, 0.2) is 12.1 Å². The number of hydrogen-bond acceptors (Lipinski definition) is 4. The number of unbranched alkanes of at least 4 members (excludes halogenated alkanes) is 1. The standard InChI is InChI=1S/C18H30N2O3/c1-6-9-13-22-16-11-10-15(14(4)19-16)20-17(21)18(5,12-7-2)23-8-3/h10-11H,6-9,12-13H2,1-5H3,(H,20,21)/t18-/m0/s1. The van der Waals surface area contributed by atoms with E-state index in [4.69, 9.17) is 9.47 Å². The van der Waals surface area contributed by atoms with E-state index in [-0.39, 0.29) is 5.91 Å². The summed E-state index contributed by atoms with van der Waals surface area (Å²) in [6.07, 6.45) is 3.65. The first-order chi connectivity index (χ1) is 11.0. The highest BCUT2D eigenvalue weighted by Crippen LogP contribution is 2.23. The van der Waals surface area contributed by atoms with Gasteiger partial charge in [-0.1, -0.05) is 26.7 Å². The van der Waals surface area contributed by atoms with Crippen LogP contribution in [-0.2, 0) is 9.53 Å². The van der Waals surface area contributed by atoms with Gasteiger partial charge in [0.1, 0.15) is 5.60 Å². The Labute approximate surface area is 139 Å². The zero-order chi connectivity index (χ0) is 17.3. The Morgan fingerprint density at radius 1 is 1.26 bits per heavy atom. The van der Waals surface area contributed by atoms with Crippen molar-refractivity contribution in [1.82, 2.24) is 4.98 Å². The maximum atomic E-state index is 12.6. The number of anilines is 1. The minimum absolute atomic E-state index is 0.134. The fraction of sp³-hybridized carbons (Fsp3) is 0.667. The van der Waals surface area contributed by atoms with E-state index < -0.39 is 5.60 Å². The highest BCUT2D eigenvalue weighted by Gasteiger charge is 2.33. The molecule has 1 rings (SSSR count). The molecule has 1 atom stereocenters. The van der Waals surface area contributed by atoms with Crippen LogP contribution in [0.3, 0.4) is 0 Å². The number of hydrogen-bond donors (Lipinski definition) is 1. The molecule has 0 saturated heterocycles. The third-order valence-corrected chi connectivity index (χ3v) is 3.73. The van der Waals surface area contributed by atoms with Gasteiger partial charge in [-0.25, -0.2) is 4.98 Å². The third kappa shape index (κ3) is 5.82. The van der Waals surface area contributed by atoms with E-state index in [0.717, 1.165) is 25.0 Å². The number of aromatic nitrogens is 1. The average molecular weight is 322 g/mol. The van der Waals surface area contributed by atoms with E-state index in [0.29, 0.717) is 31.2 Å². The smallest absolute Gasteiger partial charge is 0.256 e. The third-order valence-electron chi connectivity index (χ3n) is 3.73. The average Bonchev–Trinajstić information content (AvgIpc) is 2.50. The van der Waals surface area contributed by atoms with Crippen molar-refractivity contribution in [2.24, 2.45) is 0 Å². The molecular formula is C18H30N2O3. The first-order valence-corrected chi connectivity index (χ1v) is 8.52. The molecule has 0 radical (unpaired) electrons. The second kappa shape index (κ2) is 9.50. The van der Waals surface area contributed by atoms with Gasteiger partial charge in [0.15, 0.2) is 0 Å². The van der Waals surface area contributed by atoms with E-state index >= 15 is 0 Å². The van der Waals surface area contributed by atoms with Crippen LogP contribution in [0.25, 0.3) is 0 Å². The summed E-state index contributed by atoms with van der Waals surface area (Å²) in [5.74, 6) is 0.459. The van der Waals surface area contributed by atoms with E-state index in [1.54, 1.807) is 6.07 Å². The molecule has 23 heavy (non-hydrogen) atoms. The minimum atomic E-state index is -0.813. The number of nitrogens with one attached hydrogen (secondary N) is 1. The highest BCUT2D eigenvalue weighted by atomic mass is 16.5.